The largest absolute Gasteiger partial charge is 0.313 e. The minimum Gasteiger partial charge on any atom is -0.313 e. The van der Waals surface area contributed by atoms with Crippen LogP contribution in [0.3, 0.4) is 0 Å². The van der Waals surface area contributed by atoms with E-state index in [-0.39, 0.29) is 0 Å². The molecule has 2 rings (SSSR count). The minimum atomic E-state index is 0.768. The van der Waals surface area contributed by atoms with Crippen molar-refractivity contribution in [3.63, 3.8) is 0 Å². The Bertz CT molecular complexity index is 240. The zero-order chi connectivity index (χ0) is 11.2. The smallest absolute Gasteiger partial charge is 0.00983 e. The van der Waals surface area contributed by atoms with E-state index >= 15 is 0 Å². The summed E-state index contributed by atoms with van der Waals surface area (Å²) in [5, 5.41) is 3.80. The van der Waals surface area contributed by atoms with Gasteiger partial charge in [-0.15, -0.1) is 6.58 Å². The summed E-state index contributed by atoms with van der Waals surface area (Å²) >= 11 is 0. The lowest BCUT2D eigenvalue weighted by Crippen LogP contribution is -2.35. The van der Waals surface area contributed by atoms with E-state index in [2.05, 4.69) is 30.1 Å². The molecule has 0 aromatic heterocycles. The first-order valence-electron chi connectivity index (χ1n) is 6.89. The Morgan fingerprint density at radius 2 is 2.19 bits per heavy atom. The first-order valence-corrected chi connectivity index (χ1v) is 6.89. The highest BCUT2D eigenvalue weighted by atomic mass is 14.9. The van der Waals surface area contributed by atoms with Crippen LogP contribution < -0.4 is 5.32 Å². The molecule has 2 atom stereocenters. The third-order valence-electron chi connectivity index (χ3n) is 3.92. The number of hydrogen-bond donors (Lipinski definition) is 1. The molecule has 0 aliphatic heterocycles. The van der Waals surface area contributed by atoms with Crippen LogP contribution in [0.5, 0.6) is 0 Å². The van der Waals surface area contributed by atoms with Crippen LogP contribution in [-0.4, -0.2) is 12.6 Å². The van der Waals surface area contributed by atoms with E-state index in [0.29, 0.717) is 0 Å². The van der Waals surface area contributed by atoms with Gasteiger partial charge in [0.05, 0.1) is 0 Å². The van der Waals surface area contributed by atoms with Gasteiger partial charge in [0, 0.05) is 6.04 Å². The monoisotopic (exact) mass is 219 g/mol. The van der Waals surface area contributed by atoms with Crippen molar-refractivity contribution in [2.45, 2.75) is 51.0 Å². The molecular weight excluding hydrogens is 194 g/mol. The maximum atomic E-state index is 3.83. The zero-order valence-corrected chi connectivity index (χ0v) is 10.3. The summed E-state index contributed by atoms with van der Waals surface area (Å²) < 4.78 is 0. The van der Waals surface area contributed by atoms with Gasteiger partial charge < -0.3 is 5.32 Å². The molecule has 0 bridgehead atoms. The zero-order valence-electron chi connectivity index (χ0n) is 10.3. The molecule has 1 nitrogen and oxygen atoms in total. The third kappa shape index (κ3) is 3.79. The summed E-state index contributed by atoms with van der Waals surface area (Å²) in [6, 6.07) is 0.768. The third-order valence-corrected chi connectivity index (χ3v) is 3.92. The Balaban J connectivity index is 1.68. The fourth-order valence-electron chi connectivity index (χ4n) is 2.66. The number of allylic oxidation sites excluding steroid dienone is 3. The Morgan fingerprint density at radius 3 is 2.81 bits per heavy atom. The highest BCUT2D eigenvalue weighted by molar-refractivity contribution is 4.92. The van der Waals surface area contributed by atoms with Crippen molar-refractivity contribution in [1.82, 2.24) is 5.32 Å². The summed E-state index contributed by atoms with van der Waals surface area (Å²) in [4.78, 5) is 0. The van der Waals surface area contributed by atoms with Crippen molar-refractivity contribution < 1.29 is 0 Å². The standard InChI is InChI=1S/C15H25N/c1-2-3-9-15(14-10-11-14)16-12-13-7-5-4-6-8-13/h2,4-5,13-16H,1,3,6-12H2. The van der Waals surface area contributed by atoms with E-state index in [0.717, 1.165) is 17.9 Å². The van der Waals surface area contributed by atoms with Crippen molar-refractivity contribution in [3.05, 3.63) is 24.8 Å². The van der Waals surface area contributed by atoms with Crippen molar-refractivity contribution >= 4 is 0 Å². The van der Waals surface area contributed by atoms with Gasteiger partial charge in [-0.1, -0.05) is 18.2 Å². The van der Waals surface area contributed by atoms with E-state index < -0.39 is 0 Å². The normalized spacial score (nSPS) is 26.6. The quantitative estimate of drug-likeness (QED) is 0.644. The number of hydrogen-bond acceptors (Lipinski definition) is 1. The van der Waals surface area contributed by atoms with Gasteiger partial charge in [0.15, 0.2) is 0 Å². The number of nitrogens with one attached hydrogen (secondary N) is 1. The first kappa shape index (κ1) is 11.9. The predicted octanol–water partition coefficient (Wildman–Crippen LogP) is 3.68. The van der Waals surface area contributed by atoms with Gasteiger partial charge in [-0.3, -0.25) is 0 Å². The average Bonchev–Trinajstić information content (AvgIpc) is 3.15. The van der Waals surface area contributed by atoms with Crippen LogP contribution in [0.25, 0.3) is 0 Å². The van der Waals surface area contributed by atoms with E-state index in [1.807, 2.05) is 0 Å². The molecule has 1 heteroatoms. The molecule has 90 valence electrons. The van der Waals surface area contributed by atoms with Crippen LogP contribution in [0.4, 0.5) is 0 Å². The average molecular weight is 219 g/mol. The van der Waals surface area contributed by atoms with Gasteiger partial charge >= 0.3 is 0 Å². The molecule has 0 radical (unpaired) electrons. The van der Waals surface area contributed by atoms with Crippen LogP contribution in [0.1, 0.15) is 44.9 Å². The van der Waals surface area contributed by atoms with Gasteiger partial charge in [0.2, 0.25) is 0 Å². The Labute approximate surface area is 100 Å². The molecule has 0 saturated heterocycles. The Hall–Kier alpha value is -0.560. The molecule has 0 aromatic carbocycles. The topological polar surface area (TPSA) is 12.0 Å². The van der Waals surface area contributed by atoms with E-state index in [1.54, 1.807) is 0 Å². The van der Waals surface area contributed by atoms with Crippen molar-refractivity contribution in [2.24, 2.45) is 11.8 Å². The summed E-state index contributed by atoms with van der Waals surface area (Å²) in [5.41, 5.74) is 0. The molecule has 2 unspecified atom stereocenters. The van der Waals surface area contributed by atoms with E-state index in [9.17, 15) is 0 Å². The maximum Gasteiger partial charge on any atom is 0.00983 e. The maximum absolute atomic E-state index is 3.83. The van der Waals surface area contributed by atoms with Crippen LogP contribution in [0.15, 0.2) is 24.8 Å². The van der Waals surface area contributed by atoms with Crippen LogP contribution in [0, 0.1) is 11.8 Å². The second-order valence-corrected chi connectivity index (χ2v) is 5.37. The van der Waals surface area contributed by atoms with Gasteiger partial charge in [0.1, 0.15) is 0 Å². The molecule has 16 heavy (non-hydrogen) atoms. The van der Waals surface area contributed by atoms with Crippen LogP contribution >= 0.6 is 0 Å². The second-order valence-electron chi connectivity index (χ2n) is 5.37. The SMILES string of the molecule is C=CCCC(NCC1CC=CCC1)C1CC1. The van der Waals surface area contributed by atoms with Crippen LogP contribution in [-0.2, 0) is 0 Å². The lowest BCUT2D eigenvalue weighted by atomic mass is 9.93. The predicted molar refractivity (Wildman–Crippen MR) is 70.4 cm³/mol. The molecule has 1 saturated carbocycles. The molecule has 1 N–H and O–H groups in total. The lowest BCUT2D eigenvalue weighted by Gasteiger charge is -2.23. The molecular formula is C15H25N. The first-order chi connectivity index (χ1) is 7.90. The fraction of sp³-hybridized carbons (Fsp3) is 0.733. The Kier molecular flexibility index (Phi) is 4.65. The highest BCUT2D eigenvalue weighted by Gasteiger charge is 2.30. The Morgan fingerprint density at radius 1 is 1.31 bits per heavy atom. The molecule has 0 aromatic rings. The van der Waals surface area contributed by atoms with E-state index in [4.69, 9.17) is 0 Å². The number of rotatable bonds is 7. The van der Waals surface area contributed by atoms with Gasteiger partial charge in [0.25, 0.3) is 0 Å². The van der Waals surface area contributed by atoms with Crippen LogP contribution in [0.2, 0.25) is 0 Å². The molecule has 2 aliphatic rings. The summed E-state index contributed by atoms with van der Waals surface area (Å²) in [7, 11) is 0. The second kappa shape index (κ2) is 6.24. The molecule has 2 aliphatic carbocycles. The summed E-state index contributed by atoms with van der Waals surface area (Å²) in [6.07, 6.45) is 16.0. The minimum absolute atomic E-state index is 0.768. The highest BCUT2D eigenvalue weighted by Crippen LogP contribution is 2.34. The summed E-state index contributed by atoms with van der Waals surface area (Å²) in [5.74, 6) is 1.86. The molecule has 1 fully saturated rings. The van der Waals surface area contributed by atoms with Crippen molar-refractivity contribution in [3.8, 4) is 0 Å². The van der Waals surface area contributed by atoms with Crippen molar-refractivity contribution in [1.29, 1.82) is 0 Å². The van der Waals surface area contributed by atoms with Gasteiger partial charge in [-0.2, -0.15) is 0 Å². The fourth-order valence-corrected chi connectivity index (χ4v) is 2.66. The molecule has 0 amide bonds. The molecule has 0 spiro atoms. The molecule has 0 heterocycles. The van der Waals surface area contributed by atoms with Crippen molar-refractivity contribution in [2.75, 3.05) is 6.54 Å². The van der Waals surface area contributed by atoms with Gasteiger partial charge in [-0.05, 0) is 63.3 Å². The lowest BCUT2D eigenvalue weighted by molar-refractivity contribution is 0.369. The summed E-state index contributed by atoms with van der Waals surface area (Å²) in [6.45, 7) is 5.05. The van der Waals surface area contributed by atoms with Gasteiger partial charge in [-0.25, -0.2) is 0 Å². The van der Waals surface area contributed by atoms with E-state index in [1.165, 1.54) is 51.5 Å².